The summed E-state index contributed by atoms with van der Waals surface area (Å²) < 4.78 is 35.1. The smallest absolute Gasteiger partial charge is 0.239 e. The van der Waals surface area contributed by atoms with Gasteiger partial charge in [0, 0.05) is 25.8 Å². The fourth-order valence-corrected chi connectivity index (χ4v) is 3.94. The van der Waals surface area contributed by atoms with Gasteiger partial charge in [0.1, 0.15) is 23.1 Å². The summed E-state index contributed by atoms with van der Waals surface area (Å²) in [5.74, 6) is -0.622. The van der Waals surface area contributed by atoms with Gasteiger partial charge in [-0.05, 0) is 49.6 Å². The normalized spacial score (nSPS) is 15.9. The third-order valence-corrected chi connectivity index (χ3v) is 5.33. The van der Waals surface area contributed by atoms with Gasteiger partial charge in [-0.1, -0.05) is 24.3 Å². The summed E-state index contributed by atoms with van der Waals surface area (Å²) in [5.41, 5.74) is 1.69. The minimum Gasteiger partial charge on any atom is -0.377 e. The molecule has 3 aromatic rings. The van der Waals surface area contributed by atoms with E-state index in [1.54, 1.807) is 37.3 Å². The van der Waals surface area contributed by atoms with Crippen molar-refractivity contribution in [3.8, 4) is 5.69 Å². The second-order valence-corrected chi connectivity index (χ2v) is 8.02. The molecule has 168 valence electrons. The number of nitrogens with zero attached hydrogens (tertiary/aromatic N) is 3. The third kappa shape index (κ3) is 5.57. The molecule has 2 heterocycles. The highest BCUT2D eigenvalue weighted by Crippen LogP contribution is 2.20. The van der Waals surface area contributed by atoms with Crippen molar-refractivity contribution in [3.05, 3.63) is 77.5 Å². The number of hydrogen-bond acceptors (Lipinski definition) is 4. The number of carbonyl (C=O) groups excluding carboxylic acids is 1. The van der Waals surface area contributed by atoms with E-state index in [0.29, 0.717) is 31.2 Å². The Bertz CT molecular complexity index is 1080. The molecule has 0 spiro atoms. The van der Waals surface area contributed by atoms with E-state index in [0.717, 1.165) is 18.4 Å². The summed E-state index contributed by atoms with van der Waals surface area (Å²) in [4.78, 5) is 14.9. The van der Waals surface area contributed by atoms with Crippen molar-refractivity contribution >= 4 is 11.7 Å². The fourth-order valence-electron chi connectivity index (χ4n) is 3.94. The number of para-hydroxylation sites is 1. The first-order chi connectivity index (χ1) is 15.5. The molecule has 1 saturated heterocycles. The van der Waals surface area contributed by atoms with E-state index < -0.39 is 5.82 Å². The minimum atomic E-state index is -0.433. The number of rotatable bonds is 8. The molecule has 1 N–H and O–H groups in total. The Kier molecular flexibility index (Phi) is 6.92. The number of hydrogen-bond donors (Lipinski definition) is 1. The summed E-state index contributed by atoms with van der Waals surface area (Å²) >= 11 is 0. The average Bonchev–Trinajstić information content (AvgIpc) is 3.37. The molecule has 1 aliphatic heterocycles. The van der Waals surface area contributed by atoms with Gasteiger partial charge in [0.15, 0.2) is 0 Å². The third-order valence-electron chi connectivity index (χ3n) is 5.33. The molecular weight excluding hydrogens is 414 g/mol. The van der Waals surface area contributed by atoms with Crippen LogP contribution in [0.2, 0.25) is 0 Å². The molecule has 6 nitrogen and oxygen atoms in total. The van der Waals surface area contributed by atoms with Crippen molar-refractivity contribution in [1.29, 1.82) is 0 Å². The van der Waals surface area contributed by atoms with Crippen LogP contribution >= 0.6 is 0 Å². The number of amides is 1. The summed E-state index contributed by atoms with van der Waals surface area (Å²) in [5, 5.41) is 7.17. The van der Waals surface area contributed by atoms with Crippen molar-refractivity contribution in [3.63, 3.8) is 0 Å². The molecule has 2 aromatic carbocycles. The van der Waals surface area contributed by atoms with Crippen molar-refractivity contribution < 1.29 is 18.3 Å². The van der Waals surface area contributed by atoms with Gasteiger partial charge in [0.25, 0.3) is 0 Å². The van der Waals surface area contributed by atoms with Crippen LogP contribution in [0.15, 0.2) is 54.6 Å². The van der Waals surface area contributed by atoms with Crippen LogP contribution in [0, 0.1) is 18.6 Å². The Morgan fingerprint density at radius 1 is 1.22 bits per heavy atom. The first-order valence-corrected chi connectivity index (χ1v) is 10.7. The Morgan fingerprint density at radius 2 is 2.06 bits per heavy atom. The van der Waals surface area contributed by atoms with Gasteiger partial charge in [-0.2, -0.15) is 5.10 Å². The van der Waals surface area contributed by atoms with Crippen molar-refractivity contribution in [2.75, 3.05) is 25.0 Å². The van der Waals surface area contributed by atoms with Gasteiger partial charge in [-0.25, -0.2) is 13.5 Å². The second-order valence-electron chi connectivity index (χ2n) is 8.02. The molecule has 1 aliphatic rings. The Hall–Kier alpha value is -3.10. The van der Waals surface area contributed by atoms with Gasteiger partial charge in [0.05, 0.1) is 18.3 Å². The van der Waals surface area contributed by atoms with E-state index in [2.05, 4.69) is 10.4 Å². The number of halogens is 2. The number of nitrogens with one attached hydrogen (secondary N) is 1. The van der Waals surface area contributed by atoms with Gasteiger partial charge in [-0.15, -0.1) is 0 Å². The summed E-state index contributed by atoms with van der Waals surface area (Å²) in [7, 11) is 0. The van der Waals surface area contributed by atoms with E-state index in [9.17, 15) is 13.6 Å². The monoisotopic (exact) mass is 440 g/mol. The summed E-state index contributed by atoms with van der Waals surface area (Å²) in [6, 6.07) is 14.3. The van der Waals surface area contributed by atoms with Crippen molar-refractivity contribution in [2.45, 2.75) is 32.4 Å². The van der Waals surface area contributed by atoms with Crippen LogP contribution in [0.5, 0.6) is 0 Å². The summed E-state index contributed by atoms with van der Waals surface area (Å²) in [6.07, 6.45) is 1.97. The maximum absolute atomic E-state index is 14.3. The molecule has 1 amide bonds. The van der Waals surface area contributed by atoms with E-state index in [4.69, 9.17) is 4.74 Å². The zero-order valence-corrected chi connectivity index (χ0v) is 17.9. The lowest BCUT2D eigenvalue weighted by atomic mass is 10.1. The van der Waals surface area contributed by atoms with Crippen molar-refractivity contribution in [2.24, 2.45) is 0 Å². The van der Waals surface area contributed by atoms with E-state index in [1.165, 1.54) is 22.9 Å². The van der Waals surface area contributed by atoms with Crippen LogP contribution in [0.25, 0.3) is 5.69 Å². The molecule has 1 aromatic heterocycles. The molecule has 8 heteroatoms. The first kappa shape index (κ1) is 22.1. The van der Waals surface area contributed by atoms with Crippen LogP contribution in [-0.4, -0.2) is 46.4 Å². The van der Waals surface area contributed by atoms with Gasteiger partial charge < -0.3 is 10.1 Å². The van der Waals surface area contributed by atoms with Crippen LogP contribution in [0.4, 0.5) is 14.6 Å². The highest BCUT2D eigenvalue weighted by molar-refractivity contribution is 5.91. The van der Waals surface area contributed by atoms with Crippen LogP contribution in [-0.2, 0) is 16.1 Å². The highest BCUT2D eigenvalue weighted by Gasteiger charge is 2.22. The Labute approximate surface area is 185 Å². The lowest BCUT2D eigenvalue weighted by Crippen LogP contribution is -2.38. The molecule has 4 rings (SSSR count). The predicted molar refractivity (Wildman–Crippen MR) is 118 cm³/mol. The largest absolute Gasteiger partial charge is 0.377 e. The maximum atomic E-state index is 14.3. The SMILES string of the molecule is Cc1cc(NC(=O)CN(Cc2cccc(F)c2)CC2CCCO2)n(-c2ccccc2F)n1. The van der Waals surface area contributed by atoms with Crippen LogP contribution in [0.3, 0.4) is 0 Å². The quantitative estimate of drug-likeness (QED) is 0.574. The molecular formula is C24H26F2N4O2. The number of aryl methyl sites for hydroxylation is 1. The number of ether oxygens (including phenoxy) is 1. The molecule has 0 bridgehead atoms. The van der Waals surface area contributed by atoms with Gasteiger partial charge >= 0.3 is 0 Å². The molecule has 1 atom stereocenters. The minimum absolute atomic E-state index is 0.0440. The van der Waals surface area contributed by atoms with Crippen LogP contribution in [0.1, 0.15) is 24.1 Å². The molecule has 0 aliphatic carbocycles. The zero-order chi connectivity index (χ0) is 22.5. The number of anilines is 1. The maximum Gasteiger partial charge on any atom is 0.239 e. The standard InChI is InChI=1S/C24H26F2N4O2/c1-17-12-23(30(28-17)22-10-3-2-9-21(22)26)27-24(31)16-29(15-20-8-5-11-32-20)14-18-6-4-7-19(25)13-18/h2-4,6-7,9-10,12-13,20H,5,8,11,14-16H2,1H3,(H,27,31). The fraction of sp³-hybridized carbons (Fsp3) is 0.333. The van der Waals surface area contributed by atoms with E-state index in [1.807, 2.05) is 11.0 Å². The number of benzene rings is 2. The van der Waals surface area contributed by atoms with Gasteiger partial charge in [0.2, 0.25) is 5.91 Å². The highest BCUT2D eigenvalue weighted by atomic mass is 19.1. The molecule has 0 saturated carbocycles. The number of aromatic nitrogens is 2. The average molecular weight is 440 g/mol. The summed E-state index contributed by atoms with van der Waals surface area (Å²) in [6.45, 7) is 3.55. The lowest BCUT2D eigenvalue weighted by Gasteiger charge is -2.25. The molecule has 1 unspecified atom stereocenters. The van der Waals surface area contributed by atoms with E-state index in [-0.39, 0.29) is 30.1 Å². The van der Waals surface area contributed by atoms with E-state index >= 15 is 0 Å². The van der Waals surface area contributed by atoms with Crippen LogP contribution < -0.4 is 5.32 Å². The topological polar surface area (TPSA) is 59.4 Å². The van der Waals surface area contributed by atoms with Crippen molar-refractivity contribution in [1.82, 2.24) is 14.7 Å². The van der Waals surface area contributed by atoms with Gasteiger partial charge in [-0.3, -0.25) is 9.69 Å². The Balaban J connectivity index is 1.49. The predicted octanol–water partition coefficient (Wildman–Crippen LogP) is 4.08. The molecule has 1 fully saturated rings. The molecule has 32 heavy (non-hydrogen) atoms. The second kappa shape index (κ2) is 10.0. The Morgan fingerprint density at radius 3 is 2.81 bits per heavy atom. The number of carbonyl (C=O) groups is 1. The zero-order valence-electron chi connectivity index (χ0n) is 17.9. The first-order valence-electron chi connectivity index (χ1n) is 10.7. The molecule has 0 radical (unpaired) electrons. The lowest BCUT2D eigenvalue weighted by molar-refractivity contribution is -0.117.